The summed E-state index contributed by atoms with van der Waals surface area (Å²) in [6.45, 7) is 0. The molecule has 2 aliphatic carbocycles. The second kappa shape index (κ2) is 3.37. The van der Waals surface area contributed by atoms with Crippen LogP contribution in [-0.2, 0) is 19.3 Å². The minimum absolute atomic E-state index is 0.622. The van der Waals surface area contributed by atoms with Crippen LogP contribution in [0.4, 0.5) is 0 Å². The normalized spacial score (nSPS) is 24.5. The maximum atomic E-state index is 3.80. The Hall–Kier alpha value is -0.300. The molecule has 1 aromatic rings. The van der Waals surface area contributed by atoms with Crippen molar-refractivity contribution in [1.29, 1.82) is 0 Å². The summed E-state index contributed by atoms with van der Waals surface area (Å²) in [5.41, 5.74) is 6.44. The van der Waals surface area contributed by atoms with Crippen LogP contribution < -0.4 is 0 Å². The highest BCUT2D eigenvalue weighted by Crippen LogP contribution is 2.38. The lowest BCUT2D eigenvalue weighted by molar-refractivity contribution is 0.679. The average molecular weight is 251 g/mol. The number of rotatable bonds is 0. The first-order valence-electron chi connectivity index (χ1n) is 5.63. The van der Waals surface area contributed by atoms with Crippen molar-refractivity contribution in [2.45, 2.75) is 43.4 Å². The Morgan fingerprint density at radius 3 is 2.50 bits per heavy atom. The first-order valence-corrected chi connectivity index (χ1v) is 6.55. The molecule has 0 fully saturated rings. The van der Waals surface area contributed by atoms with E-state index in [0.29, 0.717) is 4.83 Å². The zero-order valence-electron chi connectivity index (χ0n) is 8.35. The molecule has 0 saturated carbocycles. The minimum Gasteiger partial charge on any atom is -0.0839 e. The first kappa shape index (κ1) is 8.96. The van der Waals surface area contributed by atoms with E-state index in [2.05, 4.69) is 28.1 Å². The summed E-state index contributed by atoms with van der Waals surface area (Å²) in [7, 11) is 0. The van der Waals surface area contributed by atoms with E-state index in [1.807, 2.05) is 0 Å². The second-order valence-corrected chi connectivity index (χ2v) is 5.64. The van der Waals surface area contributed by atoms with E-state index in [4.69, 9.17) is 0 Å². The van der Waals surface area contributed by atoms with Gasteiger partial charge in [0.1, 0.15) is 0 Å². The summed E-state index contributed by atoms with van der Waals surface area (Å²) in [5.74, 6) is 0. The molecule has 0 N–H and O–H groups in total. The highest BCUT2D eigenvalue weighted by molar-refractivity contribution is 9.09. The fourth-order valence-electron chi connectivity index (χ4n) is 2.83. The number of hydrogen-bond acceptors (Lipinski definition) is 0. The van der Waals surface area contributed by atoms with Crippen LogP contribution in [0, 0.1) is 0 Å². The zero-order valence-corrected chi connectivity index (χ0v) is 9.94. The molecule has 0 bridgehead atoms. The third kappa shape index (κ3) is 1.33. The Bertz CT molecular complexity index is 368. The number of halogens is 1. The summed E-state index contributed by atoms with van der Waals surface area (Å²) < 4.78 is 0. The van der Waals surface area contributed by atoms with Gasteiger partial charge in [0.2, 0.25) is 0 Å². The molecule has 0 spiro atoms. The largest absolute Gasteiger partial charge is 0.0839 e. The van der Waals surface area contributed by atoms with Gasteiger partial charge in [-0.15, -0.1) is 0 Å². The molecule has 3 rings (SSSR count). The summed E-state index contributed by atoms with van der Waals surface area (Å²) in [6, 6.07) is 4.95. The van der Waals surface area contributed by atoms with Crippen molar-refractivity contribution in [2.75, 3.05) is 0 Å². The third-order valence-electron chi connectivity index (χ3n) is 3.59. The van der Waals surface area contributed by atoms with E-state index in [9.17, 15) is 0 Å². The van der Waals surface area contributed by atoms with Crippen molar-refractivity contribution in [1.82, 2.24) is 0 Å². The van der Waals surface area contributed by atoms with Crippen LogP contribution in [0.3, 0.4) is 0 Å². The smallest absolute Gasteiger partial charge is 0.0398 e. The van der Waals surface area contributed by atoms with Crippen LogP contribution in [0.25, 0.3) is 0 Å². The monoisotopic (exact) mass is 250 g/mol. The predicted molar refractivity (Wildman–Crippen MR) is 63.1 cm³/mol. The van der Waals surface area contributed by atoms with Crippen LogP contribution in [0.15, 0.2) is 12.1 Å². The molecule has 1 heteroatoms. The Morgan fingerprint density at radius 2 is 1.64 bits per heavy atom. The summed E-state index contributed by atoms with van der Waals surface area (Å²) >= 11 is 3.80. The Kier molecular flexibility index (Phi) is 2.16. The number of hydrogen-bond donors (Lipinski definition) is 0. The van der Waals surface area contributed by atoms with E-state index < -0.39 is 0 Å². The highest BCUT2D eigenvalue weighted by Gasteiger charge is 2.21. The van der Waals surface area contributed by atoms with Gasteiger partial charge in [-0.05, 0) is 60.8 Å². The average Bonchev–Trinajstić information content (AvgIpc) is 2.62. The van der Waals surface area contributed by atoms with E-state index in [1.54, 1.807) is 22.3 Å². The van der Waals surface area contributed by atoms with E-state index in [0.717, 1.165) is 0 Å². The standard InChI is InChI=1S/C13H15Br/c14-13-6-2-5-11-7-9-3-1-4-10(9)8-12(11)13/h7-8,13H,1-6H2. The molecule has 1 unspecified atom stereocenters. The molecule has 0 radical (unpaired) electrons. The second-order valence-electron chi connectivity index (χ2n) is 4.53. The van der Waals surface area contributed by atoms with Crippen molar-refractivity contribution in [2.24, 2.45) is 0 Å². The van der Waals surface area contributed by atoms with Crippen molar-refractivity contribution in [3.8, 4) is 0 Å². The maximum absolute atomic E-state index is 3.80. The number of aryl methyl sites for hydroxylation is 3. The third-order valence-corrected chi connectivity index (χ3v) is 4.55. The van der Waals surface area contributed by atoms with Crippen molar-refractivity contribution in [3.63, 3.8) is 0 Å². The number of alkyl halides is 1. The topological polar surface area (TPSA) is 0 Å². The van der Waals surface area contributed by atoms with Gasteiger partial charge in [-0.2, -0.15) is 0 Å². The first-order chi connectivity index (χ1) is 6.84. The van der Waals surface area contributed by atoms with Gasteiger partial charge < -0.3 is 0 Å². The molecule has 14 heavy (non-hydrogen) atoms. The predicted octanol–water partition coefficient (Wildman–Crippen LogP) is 3.95. The SMILES string of the molecule is BrC1CCCc2cc3c(cc21)CCC3. The molecule has 1 atom stereocenters. The summed E-state index contributed by atoms with van der Waals surface area (Å²) in [6.07, 6.45) is 7.95. The van der Waals surface area contributed by atoms with Gasteiger partial charge in [-0.3, -0.25) is 0 Å². The van der Waals surface area contributed by atoms with Crippen LogP contribution in [0.5, 0.6) is 0 Å². The Balaban J connectivity index is 2.12. The molecular formula is C13H15Br. The summed E-state index contributed by atoms with van der Waals surface area (Å²) in [4.78, 5) is 0.622. The van der Waals surface area contributed by atoms with E-state index in [-0.39, 0.29) is 0 Å². The molecule has 0 aliphatic heterocycles. The highest BCUT2D eigenvalue weighted by atomic mass is 79.9. The van der Waals surface area contributed by atoms with Gasteiger partial charge in [-0.1, -0.05) is 28.1 Å². The molecule has 0 saturated heterocycles. The van der Waals surface area contributed by atoms with Crippen LogP contribution in [0.2, 0.25) is 0 Å². The molecular weight excluding hydrogens is 236 g/mol. The van der Waals surface area contributed by atoms with Gasteiger partial charge in [0.25, 0.3) is 0 Å². The molecule has 1 aromatic carbocycles. The number of fused-ring (bicyclic) bond motifs is 2. The maximum Gasteiger partial charge on any atom is 0.0398 e. The molecule has 0 nitrogen and oxygen atoms in total. The molecule has 0 heterocycles. The van der Waals surface area contributed by atoms with Crippen LogP contribution >= 0.6 is 15.9 Å². The lowest BCUT2D eigenvalue weighted by Crippen LogP contribution is -2.06. The Labute approximate surface area is 93.8 Å². The molecule has 0 amide bonds. The lowest BCUT2D eigenvalue weighted by Gasteiger charge is -2.22. The van der Waals surface area contributed by atoms with Gasteiger partial charge >= 0.3 is 0 Å². The van der Waals surface area contributed by atoms with Crippen LogP contribution in [0.1, 0.15) is 46.3 Å². The lowest BCUT2D eigenvalue weighted by atomic mass is 9.89. The zero-order chi connectivity index (χ0) is 9.54. The molecule has 0 aromatic heterocycles. The quantitative estimate of drug-likeness (QED) is 0.612. The van der Waals surface area contributed by atoms with Gasteiger partial charge in [0.05, 0.1) is 0 Å². The van der Waals surface area contributed by atoms with Gasteiger partial charge in [0.15, 0.2) is 0 Å². The minimum atomic E-state index is 0.622. The van der Waals surface area contributed by atoms with Crippen molar-refractivity contribution in [3.05, 3.63) is 34.4 Å². The fourth-order valence-corrected chi connectivity index (χ4v) is 3.58. The van der Waals surface area contributed by atoms with Crippen molar-refractivity contribution >= 4 is 15.9 Å². The van der Waals surface area contributed by atoms with E-state index in [1.165, 1.54) is 38.5 Å². The van der Waals surface area contributed by atoms with Gasteiger partial charge in [-0.25, -0.2) is 0 Å². The fraction of sp³-hybridized carbons (Fsp3) is 0.538. The van der Waals surface area contributed by atoms with Crippen LogP contribution in [-0.4, -0.2) is 0 Å². The summed E-state index contributed by atoms with van der Waals surface area (Å²) in [5, 5.41) is 0. The van der Waals surface area contributed by atoms with Crippen molar-refractivity contribution < 1.29 is 0 Å². The van der Waals surface area contributed by atoms with E-state index >= 15 is 0 Å². The number of benzene rings is 1. The molecule has 2 aliphatic rings. The molecule has 74 valence electrons. The Morgan fingerprint density at radius 1 is 0.929 bits per heavy atom. The van der Waals surface area contributed by atoms with Gasteiger partial charge in [0, 0.05) is 4.83 Å².